The molecule has 0 saturated heterocycles. The zero-order valence-electron chi connectivity index (χ0n) is 10.5. The summed E-state index contributed by atoms with van der Waals surface area (Å²) in [6, 6.07) is 2.64. The van der Waals surface area contributed by atoms with Crippen molar-refractivity contribution < 1.29 is 23.5 Å². The summed E-state index contributed by atoms with van der Waals surface area (Å²) in [4.78, 5) is 36.2. The Morgan fingerprint density at radius 2 is 2.00 bits per heavy atom. The van der Waals surface area contributed by atoms with Crippen LogP contribution in [0, 0.1) is 0 Å². The zero-order valence-corrected chi connectivity index (χ0v) is 10.5. The van der Waals surface area contributed by atoms with Crippen molar-refractivity contribution in [3.63, 3.8) is 0 Å². The number of aromatic nitrogens is 1. The Balaban J connectivity index is 2.72. The number of rotatable bonds is 7. The summed E-state index contributed by atoms with van der Waals surface area (Å²) in [5.41, 5.74) is 0.139. The third kappa shape index (κ3) is 5.59. The van der Waals surface area contributed by atoms with Gasteiger partial charge >= 0.3 is 5.97 Å². The van der Waals surface area contributed by atoms with Gasteiger partial charge in [0, 0.05) is 25.2 Å². The Bertz CT molecular complexity index is 510. The summed E-state index contributed by atoms with van der Waals surface area (Å²) < 4.78 is 24.9. The lowest BCUT2D eigenvalue weighted by Crippen LogP contribution is -2.35. The van der Waals surface area contributed by atoms with E-state index in [1.807, 2.05) is 0 Å². The molecule has 0 aliphatic rings. The Hall–Kier alpha value is -2.25. The molecule has 0 aliphatic heterocycles. The van der Waals surface area contributed by atoms with Crippen LogP contribution in [0.4, 0.5) is 8.78 Å². The standard InChI is InChI=1S/C12H14F2N2O4/c13-9(14)7-16(11(18)3-4-12(19)20)6-8-1-2-10(17)15-5-8/h1-2,5,9H,3-4,6-7H2,(H,15,17)(H,19,20). The van der Waals surface area contributed by atoms with E-state index in [1.165, 1.54) is 18.3 Å². The van der Waals surface area contributed by atoms with Gasteiger partial charge in [-0.15, -0.1) is 0 Å². The van der Waals surface area contributed by atoms with Crippen LogP contribution in [-0.4, -0.2) is 39.8 Å². The molecular formula is C12H14F2N2O4. The Morgan fingerprint density at radius 3 is 2.50 bits per heavy atom. The number of carboxylic acid groups (broad SMARTS) is 1. The van der Waals surface area contributed by atoms with Gasteiger partial charge in [-0.2, -0.15) is 0 Å². The fraction of sp³-hybridized carbons (Fsp3) is 0.417. The van der Waals surface area contributed by atoms with Gasteiger partial charge in [-0.05, 0) is 5.56 Å². The molecule has 0 atom stereocenters. The van der Waals surface area contributed by atoms with Crippen LogP contribution in [0.5, 0.6) is 0 Å². The van der Waals surface area contributed by atoms with Crippen molar-refractivity contribution in [3.8, 4) is 0 Å². The second-order valence-corrected chi connectivity index (χ2v) is 4.12. The first kappa shape index (κ1) is 15.8. The number of carbonyl (C=O) groups excluding carboxylic acids is 1. The van der Waals surface area contributed by atoms with Crippen LogP contribution in [0.2, 0.25) is 0 Å². The first-order valence-corrected chi connectivity index (χ1v) is 5.84. The Morgan fingerprint density at radius 1 is 1.30 bits per heavy atom. The molecule has 1 aromatic heterocycles. The molecule has 20 heavy (non-hydrogen) atoms. The van der Waals surface area contributed by atoms with E-state index in [0.29, 0.717) is 5.56 Å². The largest absolute Gasteiger partial charge is 0.481 e. The lowest BCUT2D eigenvalue weighted by molar-refractivity contribution is -0.141. The van der Waals surface area contributed by atoms with Crippen molar-refractivity contribution in [2.75, 3.05) is 6.54 Å². The van der Waals surface area contributed by atoms with Gasteiger partial charge in [0.25, 0.3) is 6.43 Å². The van der Waals surface area contributed by atoms with E-state index in [2.05, 4.69) is 4.98 Å². The molecule has 110 valence electrons. The first-order valence-electron chi connectivity index (χ1n) is 5.84. The lowest BCUT2D eigenvalue weighted by atomic mass is 10.2. The second kappa shape index (κ2) is 7.37. The maximum atomic E-state index is 12.4. The summed E-state index contributed by atoms with van der Waals surface area (Å²) in [5, 5.41) is 8.49. The monoisotopic (exact) mass is 288 g/mol. The fourth-order valence-electron chi connectivity index (χ4n) is 1.55. The van der Waals surface area contributed by atoms with Gasteiger partial charge in [-0.25, -0.2) is 8.78 Å². The van der Waals surface area contributed by atoms with E-state index in [0.717, 1.165) is 4.90 Å². The molecule has 1 rings (SSSR count). The number of carboxylic acids is 1. The molecule has 0 saturated carbocycles. The summed E-state index contributed by atoms with van der Waals surface area (Å²) >= 11 is 0. The average molecular weight is 288 g/mol. The molecule has 8 heteroatoms. The smallest absolute Gasteiger partial charge is 0.303 e. The number of alkyl halides is 2. The van der Waals surface area contributed by atoms with E-state index >= 15 is 0 Å². The minimum absolute atomic E-state index is 0.112. The number of carbonyl (C=O) groups is 2. The van der Waals surface area contributed by atoms with Crippen molar-refractivity contribution in [2.24, 2.45) is 0 Å². The summed E-state index contributed by atoms with van der Waals surface area (Å²) in [7, 11) is 0. The highest BCUT2D eigenvalue weighted by atomic mass is 19.3. The molecule has 1 amide bonds. The molecule has 6 nitrogen and oxygen atoms in total. The van der Waals surface area contributed by atoms with Gasteiger partial charge in [-0.3, -0.25) is 14.4 Å². The van der Waals surface area contributed by atoms with Gasteiger partial charge in [0.05, 0.1) is 13.0 Å². The predicted molar refractivity (Wildman–Crippen MR) is 65.4 cm³/mol. The van der Waals surface area contributed by atoms with Gasteiger partial charge in [0.1, 0.15) is 0 Å². The van der Waals surface area contributed by atoms with Gasteiger partial charge in [-0.1, -0.05) is 6.07 Å². The van der Waals surface area contributed by atoms with Crippen molar-refractivity contribution in [1.82, 2.24) is 9.88 Å². The van der Waals surface area contributed by atoms with E-state index in [9.17, 15) is 23.2 Å². The molecule has 1 aromatic rings. The molecule has 0 fully saturated rings. The number of H-pyrrole nitrogens is 1. The van der Waals surface area contributed by atoms with E-state index in [1.54, 1.807) is 0 Å². The topological polar surface area (TPSA) is 90.5 Å². The van der Waals surface area contributed by atoms with E-state index in [4.69, 9.17) is 5.11 Å². The van der Waals surface area contributed by atoms with Crippen LogP contribution in [0.25, 0.3) is 0 Å². The highest BCUT2D eigenvalue weighted by Crippen LogP contribution is 2.08. The van der Waals surface area contributed by atoms with Crippen molar-refractivity contribution in [3.05, 3.63) is 34.2 Å². The molecule has 0 spiro atoms. The third-order valence-electron chi connectivity index (χ3n) is 2.49. The number of aromatic amines is 1. The molecule has 0 aliphatic carbocycles. The number of aliphatic carboxylic acids is 1. The van der Waals surface area contributed by atoms with Crippen LogP contribution < -0.4 is 5.56 Å². The number of hydrogen-bond donors (Lipinski definition) is 2. The van der Waals surface area contributed by atoms with Crippen LogP contribution in [0.3, 0.4) is 0 Å². The average Bonchev–Trinajstić information content (AvgIpc) is 2.37. The summed E-state index contributed by atoms with van der Waals surface area (Å²) in [6.45, 7) is -0.892. The minimum atomic E-state index is -2.72. The fourth-order valence-corrected chi connectivity index (χ4v) is 1.55. The molecule has 1 heterocycles. The number of nitrogens with one attached hydrogen (secondary N) is 1. The van der Waals surface area contributed by atoms with Crippen LogP contribution in [0.1, 0.15) is 18.4 Å². The SMILES string of the molecule is O=C(O)CCC(=O)N(Cc1ccc(=O)[nH]c1)CC(F)F. The number of pyridine rings is 1. The number of hydrogen-bond acceptors (Lipinski definition) is 3. The van der Waals surface area contributed by atoms with E-state index < -0.39 is 31.3 Å². The minimum Gasteiger partial charge on any atom is -0.481 e. The molecule has 0 aromatic carbocycles. The summed E-state index contributed by atoms with van der Waals surface area (Å²) in [6.07, 6.45) is -2.15. The maximum Gasteiger partial charge on any atom is 0.303 e. The van der Waals surface area contributed by atoms with Crippen LogP contribution in [0.15, 0.2) is 23.1 Å². The van der Waals surface area contributed by atoms with Crippen molar-refractivity contribution in [1.29, 1.82) is 0 Å². The third-order valence-corrected chi connectivity index (χ3v) is 2.49. The van der Waals surface area contributed by atoms with Gasteiger partial charge < -0.3 is 15.0 Å². The number of nitrogens with zero attached hydrogens (tertiary/aromatic N) is 1. The highest BCUT2D eigenvalue weighted by molar-refractivity contribution is 5.80. The first-order chi connectivity index (χ1) is 9.38. The molecule has 0 radical (unpaired) electrons. The van der Waals surface area contributed by atoms with Crippen LogP contribution >= 0.6 is 0 Å². The van der Waals surface area contributed by atoms with Crippen molar-refractivity contribution in [2.45, 2.75) is 25.8 Å². The van der Waals surface area contributed by atoms with E-state index in [-0.39, 0.29) is 18.5 Å². The van der Waals surface area contributed by atoms with Gasteiger partial charge in [0.15, 0.2) is 0 Å². The number of halogens is 2. The maximum absolute atomic E-state index is 12.4. The lowest BCUT2D eigenvalue weighted by Gasteiger charge is -2.22. The molecule has 0 bridgehead atoms. The highest BCUT2D eigenvalue weighted by Gasteiger charge is 2.19. The normalized spacial score (nSPS) is 10.6. The van der Waals surface area contributed by atoms with Crippen molar-refractivity contribution >= 4 is 11.9 Å². The van der Waals surface area contributed by atoms with Crippen LogP contribution in [-0.2, 0) is 16.1 Å². The van der Waals surface area contributed by atoms with Gasteiger partial charge in [0.2, 0.25) is 11.5 Å². The Labute approximate surface area is 113 Å². The number of amides is 1. The quantitative estimate of drug-likeness (QED) is 0.777. The molecular weight excluding hydrogens is 274 g/mol. The second-order valence-electron chi connectivity index (χ2n) is 4.12. The molecule has 0 unspecified atom stereocenters. The summed E-state index contributed by atoms with van der Waals surface area (Å²) in [5.74, 6) is -1.83. The zero-order chi connectivity index (χ0) is 15.1. The Kier molecular flexibility index (Phi) is 5.82. The predicted octanol–water partition coefficient (Wildman–Crippen LogP) is 0.833. The molecule has 2 N–H and O–H groups in total.